The number of aliphatic hydroxyl groups is 1. The number of nitrogen functional groups attached to an aromatic ring is 1. The molecule has 8 aliphatic heterocycles. The van der Waals surface area contributed by atoms with Crippen molar-refractivity contribution in [3.05, 3.63) is 118 Å². The topological polar surface area (TPSA) is 229 Å². The SMILES string of the molecule is C=CCn1c(=O)c2cnc(Nc3ccc(N4CCC5(CCN(C)CC5)CC4)cc3OC)nc2n1-c1cccc(C(C)(C)O)n1.CN1CCC2(CCNCC2)CC1.COc1cc(N2CCC3(CCN(C)CC3)CC2)ccc1N.COc1cc(N2CCC3(CCN(C)CC3)CC2)ccc1[N+](=O)[O-]. The summed E-state index contributed by atoms with van der Waals surface area (Å²) >= 11 is 0. The van der Waals surface area contributed by atoms with Crippen LogP contribution in [0.5, 0.6) is 17.2 Å². The summed E-state index contributed by atoms with van der Waals surface area (Å²) in [6.45, 7) is 26.3. The van der Waals surface area contributed by atoms with E-state index < -0.39 is 10.5 Å². The first kappa shape index (κ1) is 73.7. The summed E-state index contributed by atoms with van der Waals surface area (Å²) in [4.78, 5) is 54.9. The molecule has 4 spiro atoms. The number of nitro benzene ring substituents is 1. The molecule has 6 aromatic rings. The van der Waals surface area contributed by atoms with Crippen LogP contribution in [0.1, 0.15) is 122 Å². The summed E-state index contributed by atoms with van der Waals surface area (Å²) in [6.07, 6.45) is 24.3. The van der Waals surface area contributed by atoms with Crippen molar-refractivity contribution in [1.29, 1.82) is 0 Å². The summed E-state index contributed by atoms with van der Waals surface area (Å²) in [5.74, 6) is 2.58. The molecule has 0 atom stereocenters. The van der Waals surface area contributed by atoms with Crippen LogP contribution < -0.4 is 50.8 Å². The van der Waals surface area contributed by atoms with Gasteiger partial charge in [0.1, 0.15) is 22.5 Å². The van der Waals surface area contributed by atoms with Crippen LogP contribution in [0.2, 0.25) is 0 Å². The first-order valence-electron chi connectivity index (χ1n) is 36.8. The molecule has 544 valence electrons. The van der Waals surface area contributed by atoms with Gasteiger partial charge in [-0.25, -0.2) is 19.3 Å². The molecule has 8 aliphatic rings. The molecule has 8 saturated heterocycles. The van der Waals surface area contributed by atoms with E-state index in [0.717, 1.165) is 67.5 Å². The Morgan fingerprint density at radius 2 is 1.02 bits per heavy atom. The van der Waals surface area contributed by atoms with Crippen LogP contribution in [0.15, 0.2) is 96.4 Å². The lowest BCUT2D eigenvalue weighted by Crippen LogP contribution is -2.46. The van der Waals surface area contributed by atoms with Gasteiger partial charge in [0.05, 0.1) is 49.9 Å². The fourth-order valence-corrected chi connectivity index (χ4v) is 16.5. The Bertz CT molecular complexity index is 3740. The highest BCUT2D eigenvalue weighted by atomic mass is 16.6. The lowest BCUT2D eigenvalue weighted by atomic mass is 9.71. The first-order valence-corrected chi connectivity index (χ1v) is 36.8. The largest absolute Gasteiger partial charge is 0.495 e. The van der Waals surface area contributed by atoms with Crippen molar-refractivity contribution in [3.63, 3.8) is 0 Å². The van der Waals surface area contributed by atoms with Crippen LogP contribution in [0.3, 0.4) is 0 Å². The lowest BCUT2D eigenvalue weighted by molar-refractivity contribution is -0.385. The van der Waals surface area contributed by atoms with Crippen LogP contribution in [0, 0.1) is 31.8 Å². The van der Waals surface area contributed by atoms with Gasteiger partial charge in [-0.1, -0.05) is 12.1 Å². The minimum atomic E-state index is -1.16. The number of allylic oxidation sites excluding steroid dienone is 1. The summed E-state index contributed by atoms with van der Waals surface area (Å²) in [5.41, 5.74) is 12.5. The van der Waals surface area contributed by atoms with Gasteiger partial charge in [0.15, 0.2) is 17.2 Å². The molecular weight excluding hydrogens is 1260 g/mol. The molecule has 5 N–H and O–H groups in total. The van der Waals surface area contributed by atoms with Crippen LogP contribution in [-0.2, 0) is 12.1 Å². The van der Waals surface area contributed by atoms with Crippen molar-refractivity contribution in [2.24, 2.45) is 21.7 Å². The summed E-state index contributed by atoms with van der Waals surface area (Å²) in [6, 6.07) is 22.8. The fraction of sp³-hybridized carbons (Fsp3) is 0.610. The van der Waals surface area contributed by atoms with Crippen LogP contribution in [-0.4, -0.2) is 208 Å². The second-order valence-corrected chi connectivity index (χ2v) is 30.8. The summed E-state index contributed by atoms with van der Waals surface area (Å²) < 4.78 is 19.5. The van der Waals surface area contributed by atoms with Gasteiger partial charge in [-0.15, -0.1) is 6.58 Å². The van der Waals surface area contributed by atoms with Gasteiger partial charge in [-0.3, -0.25) is 14.9 Å². The number of nitrogens with zero attached hydrogens (tertiary/aromatic N) is 13. The van der Waals surface area contributed by atoms with Crippen molar-refractivity contribution < 1.29 is 24.2 Å². The third-order valence-electron chi connectivity index (χ3n) is 24.0. The maximum Gasteiger partial charge on any atom is 0.311 e. The van der Waals surface area contributed by atoms with Gasteiger partial charge in [0.25, 0.3) is 5.56 Å². The number of aromatic nitrogens is 5. The number of hydrogen-bond donors (Lipinski definition) is 4. The Labute approximate surface area is 593 Å². The number of fused-ring (bicyclic) bond motifs is 1. The van der Waals surface area contributed by atoms with E-state index in [1.165, 1.54) is 192 Å². The maximum absolute atomic E-state index is 13.4. The third-order valence-corrected chi connectivity index (χ3v) is 24.0. The molecule has 23 heteroatoms. The van der Waals surface area contributed by atoms with Crippen molar-refractivity contribution in [2.75, 3.05) is 180 Å². The Balaban J connectivity index is 0.000000150. The van der Waals surface area contributed by atoms with Gasteiger partial charge in [-0.05, 0) is 274 Å². The number of nitrogens with two attached hydrogens (primary N) is 1. The highest BCUT2D eigenvalue weighted by Gasteiger charge is 2.41. The molecule has 0 amide bonds. The Morgan fingerprint density at radius 3 is 1.46 bits per heavy atom. The van der Waals surface area contributed by atoms with Gasteiger partial charge in [0.2, 0.25) is 5.95 Å². The van der Waals surface area contributed by atoms with E-state index in [4.69, 9.17) is 24.9 Å². The van der Waals surface area contributed by atoms with E-state index in [2.05, 4.69) is 114 Å². The predicted molar refractivity (Wildman–Crippen MR) is 403 cm³/mol. The molecule has 0 radical (unpaired) electrons. The molecule has 23 nitrogen and oxygen atoms in total. The zero-order valence-electron chi connectivity index (χ0n) is 61.4. The highest BCUT2D eigenvalue weighted by molar-refractivity contribution is 5.78. The number of nitro groups is 1. The lowest BCUT2D eigenvalue weighted by Gasteiger charge is -2.47. The van der Waals surface area contributed by atoms with E-state index in [1.54, 1.807) is 69.2 Å². The van der Waals surface area contributed by atoms with Crippen LogP contribution in [0.25, 0.3) is 16.9 Å². The molecule has 0 saturated carbocycles. The Morgan fingerprint density at radius 1 is 0.600 bits per heavy atom. The Hall–Kier alpha value is -7.54. The van der Waals surface area contributed by atoms with Crippen molar-refractivity contribution >= 4 is 51.1 Å². The molecule has 100 heavy (non-hydrogen) atoms. The smallest absolute Gasteiger partial charge is 0.311 e. The number of rotatable bonds is 13. The summed E-state index contributed by atoms with van der Waals surface area (Å²) in [7, 11) is 13.7. The third kappa shape index (κ3) is 17.5. The molecule has 3 aromatic heterocycles. The number of hydrogen-bond acceptors (Lipinski definition) is 20. The van der Waals surface area contributed by atoms with Crippen molar-refractivity contribution in [2.45, 2.75) is 129 Å². The number of likely N-dealkylation sites (tertiary alicyclic amines) is 4. The zero-order chi connectivity index (χ0) is 70.8. The van der Waals surface area contributed by atoms with Gasteiger partial charge < -0.3 is 70.0 Å². The molecule has 0 bridgehead atoms. The molecular formula is C77H114N16O7. The van der Waals surface area contributed by atoms with Crippen LogP contribution >= 0.6 is 0 Å². The average Bonchev–Trinajstić information content (AvgIpc) is 1.58. The molecule has 0 aliphatic carbocycles. The number of ether oxygens (including phenoxy) is 3. The summed E-state index contributed by atoms with van der Waals surface area (Å²) in [5, 5.41) is 28.7. The number of piperidine rings is 8. The molecule has 11 heterocycles. The Kier molecular flexibility index (Phi) is 23.7. The number of pyridine rings is 1. The van der Waals surface area contributed by atoms with E-state index in [1.807, 2.05) is 18.2 Å². The first-order chi connectivity index (χ1) is 48.1. The highest BCUT2D eigenvalue weighted by Crippen LogP contribution is 2.46. The monoisotopic (exact) mass is 1370 g/mol. The number of benzene rings is 3. The minimum absolute atomic E-state index is 0.0278. The number of methoxy groups -OCH3 is 3. The minimum Gasteiger partial charge on any atom is -0.495 e. The van der Waals surface area contributed by atoms with Crippen molar-refractivity contribution in [3.8, 4) is 23.1 Å². The molecule has 8 fully saturated rings. The maximum atomic E-state index is 13.4. The van der Waals surface area contributed by atoms with Gasteiger partial charge >= 0.3 is 5.69 Å². The van der Waals surface area contributed by atoms with Crippen LogP contribution in [0.4, 0.5) is 40.1 Å². The van der Waals surface area contributed by atoms with E-state index in [0.29, 0.717) is 61.9 Å². The molecule has 14 rings (SSSR count). The van der Waals surface area contributed by atoms with Crippen molar-refractivity contribution in [1.82, 2.24) is 49.2 Å². The van der Waals surface area contributed by atoms with E-state index in [-0.39, 0.29) is 17.8 Å². The number of anilines is 6. The fourth-order valence-electron chi connectivity index (χ4n) is 16.5. The van der Waals surface area contributed by atoms with Gasteiger partial charge in [-0.2, -0.15) is 4.98 Å². The second kappa shape index (κ2) is 32.2. The normalized spacial score (nSPS) is 20.9. The molecule has 0 unspecified atom stereocenters. The standard InChI is InChI=1S/C33H42N8O3.C17H25N3O3.C17H27N3O.C10H20N2/c1-6-16-40-30(42)24-22-34-31(37-29(24)41(40)28-9-7-8-27(36-28)32(2,3)43)35-25-11-10-23(21-26(25)44-5)39-19-14-33(15-20-39)12-17-38(4)18-13-33;1-18-9-5-17(6-10-18)7-11-19(12-8-17)14-3-4-15(20(21)22)16(13-14)23-2;1-19-9-5-17(6-10-19)7-11-20(12-8-17)14-3-4-15(18)16(13-14)21-2;1-12-8-4-10(5-9-12)2-6-11-7-3-10/h6-11,21-22,43H,1,12-20H2,2-5H3,(H,34,35,37);3-4,13H,5-12H2,1-2H3;3-4,13H,5-12,18H2,1-2H3;11H,2-9H2,1H3. The quantitative estimate of drug-likeness (QED) is 0.0365. The van der Waals surface area contributed by atoms with E-state index >= 15 is 0 Å². The van der Waals surface area contributed by atoms with E-state index in [9.17, 15) is 20.0 Å². The second-order valence-electron chi connectivity index (χ2n) is 30.8. The number of nitrogens with one attached hydrogen (secondary N) is 2. The zero-order valence-corrected chi connectivity index (χ0v) is 61.4. The average molecular weight is 1380 g/mol. The predicted octanol–water partition coefficient (Wildman–Crippen LogP) is 11.0. The molecule has 3 aromatic carbocycles. The van der Waals surface area contributed by atoms with Gasteiger partial charge in [0, 0.05) is 86.8 Å².